The number of unbranched alkanes of at least 4 members (excludes halogenated alkanes) is 5. The van der Waals surface area contributed by atoms with E-state index in [1.165, 1.54) is 5.56 Å². The van der Waals surface area contributed by atoms with Crippen molar-refractivity contribution in [1.29, 1.82) is 0 Å². The second-order valence-electron chi connectivity index (χ2n) is 26.7. The maximum atomic E-state index is 15.3. The highest BCUT2D eigenvalue weighted by Crippen LogP contribution is 2.42. The molecule has 0 spiro atoms. The molecule has 0 radical (unpaired) electrons. The number of fused-ring (bicyclic) bond motifs is 2. The SMILES string of the molecule is CC[C@H](NC)C(=O)C[C@@H]1C(=O)N2[C@@H](CC[C@@H]1CCNCc1ccccc1)CC[C@H]2C(=O)NC(C(=O)CCCCCCCCC(=O)NC[C@H]1CC[C@H]2CC[C@@H](C(=O)CC(c3ccccc3)c3ccccc3)N2C(=O)[C@H]1NC(=O)[C@H](CC)NC)(c1ccccc1)c1ccccc1. The summed E-state index contributed by atoms with van der Waals surface area (Å²) in [6, 6.07) is 45.5. The van der Waals surface area contributed by atoms with E-state index in [-0.39, 0.29) is 109 Å². The van der Waals surface area contributed by atoms with E-state index >= 15 is 14.4 Å². The number of hydrogen-bond acceptors (Lipinski definition) is 11. The third kappa shape index (κ3) is 17.6. The predicted molar refractivity (Wildman–Crippen MR) is 368 cm³/mol. The molecule has 0 unspecified atom stereocenters. The molecule has 0 aromatic heterocycles. The lowest BCUT2D eigenvalue weighted by Gasteiger charge is -2.38. The average Bonchev–Trinajstić information content (AvgIpc) is 1.24. The fourth-order valence-electron chi connectivity index (χ4n) is 15.6. The third-order valence-corrected chi connectivity index (χ3v) is 20.9. The van der Waals surface area contributed by atoms with Crippen molar-refractivity contribution in [3.05, 3.63) is 179 Å². The molecule has 4 aliphatic rings. The van der Waals surface area contributed by atoms with Crippen LogP contribution in [-0.2, 0) is 50.4 Å². The van der Waals surface area contributed by atoms with Crippen LogP contribution in [-0.4, -0.2) is 126 Å². The van der Waals surface area contributed by atoms with E-state index in [0.717, 1.165) is 56.1 Å². The van der Waals surface area contributed by atoms with Gasteiger partial charge in [-0.25, -0.2) is 0 Å². The fraction of sp³-hybridized carbons (Fsp3) is 0.513. The zero-order valence-electron chi connectivity index (χ0n) is 55.9. The van der Waals surface area contributed by atoms with Gasteiger partial charge in [0, 0.05) is 68.6 Å². The number of carbonyl (C=O) groups is 8. The smallest absolute Gasteiger partial charge is 0.246 e. The number of Topliss-reactive ketones (excluding diaryl/α,β-unsaturated/α-hetero) is 3. The molecule has 0 bridgehead atoms. The highest BCUT2D eigenvalue weighted by atomic mass is 16.2. The summed E-state index contributed by atoms with van der Waals surface area (Å²) in [4.78, 5) is 120. The van der Waals surface area contributed by atoms with Gasteiger partial charge in [0.1, 0.15) is 17.6 Å². The molecule has 5 amide bonds. The van der Waals surface area contributed by atoms with Crippen LogP contribution in [0.4, 0.5) is 0 Å². The highest BCUT2D eigenvalue weighted by Gasteiger charge is 2.52. The molecule has 502 valence electrons. The Balaban J connectivity index is 0.797. The van der Waals surface area contributed by atoms with Gasteiger partial charge >= 0.3 is 0 Å². The van der Waals surface area contributed by atoms with E-state index in [0.29, 0.717) is 94.8 Å². The van der Waals surface area contributed by atoms with Gasteiger partial charge in [-0.2, -0.15) is 0 Å². The average molecular weight is 1280 g/mol. The molecule has 16 heteroatoms. The zero-order valence-corrected chi connectivity index (χ0v) is 55.9. The van der Waals surface area contributed by atoms with Crippen molar-refractivity contribution < 1.29 is 38.4 Å². The Hall–Kier alpha value is -7.66. The quantitative estimate of drug-likeness (QED) is 0.0210. The van der Waals surface area contributed by atoms with Gasteiger partial charge in [0.25, 0.3) is 0 Å². The second kappa shape index (κ2) is 35.2. The number of likely N-dealkylation sites (N-methyl/N-ethyl adjacent to an activating group) is 2. The summed E-state index contributed by atoms with van der Waals surface area (Å²) < 4.78 is 0. The van der Waals surface area contributed by atoms with Gasteiger partial charge in [0.15, 0.2) is 17.3 Å². The molecule has 4 saturated heterocycles. The Bertz CT molecular complexity index is 3180. The third-order valence-electron chi connectivity index (χ3n) is 20.9. The lowest BCUT2D eigenvalue weighted by molar-refractivity contribution is -0.146. The monoisotopic (exact) mass is 1280 g/mol. The summed E-state index contributed by atoms with van der Waals surface area (Å²) in [5, 5.41) is 19.3. The minimum atomic E-state index is -1.54. The molecular formula is C78H102N8O8. The molecular weight excluding hydrogens is 1180 g/mol. The Morgan fingerprint density at radius 3 is 1.62 bits per heavy atom. The lowest BCUT2D eigenvalue weighted by Crippen LogP contribution is -2.58. The first-order chi connectivity index (χ1) is 45.8. The summed E-state index contributed by atoms with van der Waals surface area (Å²) in [5.74, 6) is -2.55. The molecule has 4 heterocycles. The van der Waals surface area contributed by atoms with E-state index < -0.39 is 35.6 Å². The Kier molecular flexibility index (Phi) is 26.4. The zero-order chi connectivity index (χ0) is 66.4. The summed E-state index contributed by atoms with van der Waals surface area (Å²) in [7, 11) is 3.50. The first kappa shape index (κ1) is 70.7. The molecule has 5 aromatic carbocycles. The highest BCUT2D eigenvalue weighted by molar-refractivity contribution is 6.00. The normalized spacial score (nSPS) is 21.9. The van der Waals surface area contributed by atoms with Crippen LogP contribution in [0.2, 0.25) is 0 Å². The molecule has 94 heavy (non-hydrogen) atoms. The number of ketones is 3. The van der Waals surface area contributed by atoms with Crippen LogP contribution >= 0.6 is 0 Å². The first-order valence-corrected chi connectivity index (χ1v) is 35.2. The Labute approximate surface area is 557 Å². The Morgan fingerprint density at radius 1 is 0.553 bits per heavy atom. The van der Waals surface area contributed by atoms with Gasteiger partial charge in [-0.05, 0) is 138 Å². The molecule has 10 atom stereocenters. The predicted octanol–water partition coefficient (Wildman–Crippen LogP) is 10.4. The number of amides is 5. The van der Waals surface area contributed by atoms with Gasteiger partial charge in [0.2, 0.25) is 29.5 Å². The van der Waals surface area contributed by atoms with E-state index in [1.807, 2.05) is 153 Å². The number of nitrogens with zero attached hydrogens (tertiary/aromatic N) is 2. The van der Waals surface area contributed by atoms with Gasteiger partial charge in [0.05, 0.1) is 18.1 Å². The largest absolute Gasteiger partial charge is 0.356 e. The van der Waals surface area contributed by atoms with Gasteiger partial charge in [-0.15, -0.1) is 0 Å². The van der Waals surface area contributed by atoms with E-state index in [2.05, 4.69) is 44.0 Å². The van der Waals surface area contributed by atoms with Crippen LogP contribution in [0.5, 0.6) is 0 Å². The number of benzene rings is 5. The molecule has 6 N–H and O–H groups in total. The van der Waals surface area contributed by atoms with Crippen LogP contribution in [0.25, 0.3) is 0 Å². The van der Waals surface area contributed by atoms with Crippen LogP contribution in [0, 0.1) is 17.8 Å². The maximum Gasteiger partial charge on any atom is 0.246 e. The van der Waals surface area contributed by atoms with Gasteiger partial charge < -0.3 is 41.7 Å². The number of nitrogens with one attached hydrogen (secondary N) is 6. The van der Waals surface area contributed by atoms with Crippen LogP contribution in [0.15, 0.2) is 152 Å². The summed E-state index contributed by atoms with van der Waals surface area (Å²) in [6.45, 7) is 5.47. The molecule has 5 aromatic rings. The number of hydrogen-bond donors (Lipinski definition) is 6. The van der Waals surface area contributed by atoms with Crippen molar-refractivity contribution in [1.82, 2.24) is 41.7 Å². The van der Waals surface area contributed by atoms with Crippen LogP contribution in [0.1, 0.15) is 182 Å². The van der Waals surface area contributed by atoms with Crippen molar-refractivity contribution in [3.8, 4) is 0 Å². The molecule has 9 rings (SSSR count). The first-order valence-electron chi connectivity index (χ1n) is 35.2. The molecule has 4 aliphatic heterocycles. The minimum Gasteiger partial charge on any atom is -0.356 e. The van der Waals surface area contributed by atoms with Gasteiger partial charge in [-0.3, -0.25) is 38.4 Å². The van der Waals surface area contributed by atoms with E-state index in [9.17, 15) is 24.0 Å². The van der Waals surface area contributed by atoms with Crippen molar-refractivity contribution in [3.63, 3.8) is 0 Å². The van der Waals surface area contributed by atoms with Crippen molar-refractivity contribution >= 4 is 46.9 Å². The van der Waals surface area contributed by atoms with Crippen molar-refractivity contribution in [2.24, 2.45) is 17.8 Å². The van der Waals surface area contributed by atoms with E-state index in [1.54, 1.807) is 23.9 Å². The van der Waals surface area contributed by atoms with Crippen LogP contribution in [0.3, 0.4) is 0 Å². The van der Waals surface area contributed by atoms with Crippen molar-refractivity contribution in [2.45, 2.75) is 209 Å². The summed E-state index contributed by atoms with van der Waals surface area (Å²) >= 11 is 0. The number of carbonyl (C=O) groups excluding carboxylic acids is 8. The van der Waals surface area contributed by atoms with Gasteiger partial charge in [-0.1, -0.05) is 191 Å². The standard InChI is InChI=1S/C78H102N8O8/c1-5-65(79-3)69(87)51-64-57(48-49-81-52-54-28-16-11-17-29-54)40-42-62-45-47-68(86(62)76(64)93)75(92)84-78(59-34-22-14-23-35-59,60-36-24-15-25-37-60)71(89)38-26-9-7-8-10-27-39-72(90)82-53-58-41-43-61-44-46-67(85(61)77(94)73(58)83-74(91)66(6-2)80-4)70(88)50-63(55-30-18-12-19-31-55)56-32-20-13-21-33-56/h11-25,28-37,57-58,61-68,73,79-81H,5-10,26-27,38-53H2,1-4H3,(H,82,90)(H,83,91)(H,84,92)/t57-,58-,61+,62+,64+,65+,66+,67+,68+,73+/m1/s1. The minimum absolute atomic E-state index is 0.000624. The summed E-state index contributed by atoms with van der Waals surface area (Å²) in [5.41, 5.74) is 2.97. The fourth-order valence-corrected chi connectivity index (χ4v) is 15.6. The van der Waals surface area contributed by atoms with Crippen molar-refractivity contribution in [2.75, 3.05) is 27.2 Å². The lowest BCUT2D eigenvalue weighted by atomic mass is 9.77. The molecule has 4 fully saturated rings. The van der Waals surface area contributed by atoms with E-state index in [4.69, 9.17) is 0 Å². The molecule has 0 saturated carbocycles. The summed E-state index contributed by atoms with van der Waals surface area (Å²) in [6.07, 6.45) is 12.2. The molecule has 0 aliphatic carbocycles. The second-order valence-corrected chi connectivity index (χ2v) is 26.7. The number of rotatable bonds is 35. The Morgan fingerprint density at radius 2 is 1.05 bits per heavy atom. The topological polar surface area (TPSA) is 215 Å². The maximum absolute atomic E-state index is 15.3. The molecule has 16 nitrogen and oxygen atoms in total. The van der Waals surface area contributed by atoms with Crippen LogP contribution < -0.4 is 31.9 Å².